The molecule has 2 N–H and O–H groups in total. The molecule has 0 unspecified atom stereocenters. The Morgan fingerprint density at radius 2 is 1.89 bits per heavy atom. The lowest BCUT2D eigenvalue weighted by molar-refractivity contribution is -0.121. The molecule has 1 saturated heterocycles. The van der Waals surface area contributed by atoms with Crippen molar-refractivity contribution < 1.29 is 22.8 Å². The van der Waals surface area contributed by atoms with Gasteiger partial charge in [0, 0.05) is 25.7 Å². The lowest BCUT2D eigenvalue weighted by atomic mass is 10.0. The Morgan fingerprint density at radius 3 is 2.54 bits per heavy atom. The van der Waals surface area contributed by atoms with Gasteiger partial charge >= 0.3 is 0 Å². The summed E-state index contributed by atoms with van der Waals surface area (Å²) in [5.74, 6) is -2.29. The van der Waals surface area contributed by atoms with Gasteiger partial charge in [0.05, 0.1) is 6.54 Å². The number of rotatable bonds is 6. The van der Waals surface area contributed by atoms with Crippen LogP contribution in [0.4, 0.5) is 8.78 Å². The van der Waals surface area contributed by atoms with Crippen LogP contribution in [-0.2, 0) is 11.3 Å². The number of furan rings is 1. The number of benzene rings is 1. The van der Waals surface area contributed by atoms with E-state index in [1.807, 2.05) is 0 Å². The van der Waals surface area contributed by atoms with Gasteiger partial charge in [0.25, 0.3) is 5.91 Å². The quantitative estimate of drug-likeness (QED) is 0.702. The van der Waals surface area contributed by atoms with Crippen molar-refractivity contribution in [2.75, 3.05) is 19.6 Å². The van der Waals surface area contributed by atoms with Crippen LogP contribution >= 0.6 is 15.9 Å². The maximum absolute atomic E-state index is 13.3. The van der Waals surface area contributed by atoms with E-state index in [2.05, 4.69) is 31.5 Å². The molecule has 3 rings (SSSR count). The molecule has 150 valence electrons. The molecule has 0 bridgehead atoms. The molecule has 9 heteroatoms. The van der Waals surface area contributed by atoms with Gasteiger partial charge in [0.2, 0.25) is 5.91 Å². The van der Waals surface area contributed by atoms with Gasteiger partial charge in [-0.1, -0.05) is 6.07 Å². The van der Waals surface area contributed by atoms with Gasteiger partial charge in [-0.15, -0.1) is 0 Å². The molecule has 2 aromatic rings. The van der Waals surface area contributed by atoms with Crippen molar-refractivity contribution in [3.63, 3.8) is 0 Å². The fraction of sp³-hybridized carbons (Fsp3) is 0.368. The minimum atomic E-state index is -0.850. The van der Waals surface area contributed by atoms with Crippen molar-refractivity contribution in [2.24, 2.45) is 0 Å². The van der Waals surface area contributed by atoms with Crippen LogP contribution in [0, 0.1) is 11.6 Å². The van der Waals surface area contributed by atoms with Crippen molar-refractivity contribution in [3.8, 4) is 0 Å². The molecule has 1 aliphatic heterocycles. The minimum absolute atomic E-state index is 0.0170. The first-order chi connectivity index (χ1) is 13.4. The fourth-order valence-corrected chi connectivity index (χ4v) is 3.40. The summed E-state index contributed by atoms with van der Waals surface area (Å²) in [5.41, 5.74) is 0.716. The summed E-state index contributed by atoms with van der Waals surface area (Å²) >= 11 is 3.11. The van der Waals surface area contributed by atoms with Crippen LogP contribution in [0.3, 0.4) is 0 Å². The Kier molecular flexibility index (Phi) is 6.79. The standard InChI is InChI=1S/C19H20BrF2N3O3/c20-17-4-3-16(28-17)19(27)23-10-18(26)24-13-5-7-25(8-6-13)11-12-1-2-14(21)15(22)9-12/h1-4,9,13H,5-8,10-11H2,(H,23,27)(H,24,26). The number of halogens is 3. The van der Waals surface area contributed by atoms with Crippen molar-refractivity contribution in [3.05, 3.63) is 58.0 Å². The van der Waals surface area contributed by atoms with Gasteiger partial charge in [0.15, 0.2) is 22.1 Å². The average Bonchev–Trinajstić information content (AvgIpc) is 3.11. The van der Waals surface area contributed by atoms with E-state index >= 15 is 0 Å². The Bertz CT molecular complexity index is 851. The molecule has 0 radical (unpaired) electrons. The Morgan fingerprint density at radius 1 is 1.14 bits per heavy atom. The van der Waals surface area contributed by atoms with E-state index < -0.39 is 17.5 Å². The highest BCUT2D eigenvalue weighted by Gasteiger charge is 2.21. The first-order valence-electron chi connectivity index (χ1n) is 8.90. The average molecular weight is 456 g/mol. The molecule has 2 amide bonds. The molecule has 28 heavy (non-hydrogen) atoms. The predicted octanol–water partition coefficient (Wildman–Crippen LogP) is 2.83. The molecule has 0 spiro atoms. The van der Waals surface area contributed by atoms with E-state index in [-0.39, 0.29) is 24.3 Å². The summed E-state index contributed by atoms with van der Waals surface area (Å²) in [7, 11) is 0. The molecule has 1 aromatic carbocycles. The van der Waals surface area contributed by atoms with E-state index in [1.165, 1.54) is 12.1 Å². The smallest absolute Gasteiger partial charge is 0.287 e. The van der Waals surface area contributed by atoms with Gasteiger partial charge in [-0.05, 0) is 58.6 Å². The number of amides is 2. The SMILES string of the molecule is O=C(CNC(=O)c1ccc(Br)o1)NC1CCN(Cc2ccc(F)c(F)c2)CC1. The summed E-state index contributed by atoms with van der Waals surface area (Å²) in [6, 6.07) is 7.05. The highest BCUT2D eigenvalue weighted by atomic mass is 79.9. The first-order valence-corrected chi connectivity index (χ1v) is 9.69. The fourth-order valence-electron chi connectivity index (χ4n) is 3.09. The van der Waals surface area contributed by atoms with E-state index in [4.69, 9.17) is 4.42 Å². The van der Waals surface area contributed by atoms with Crippen molar-refractivity contribution in [1.29, 1.82) is 0 Å². The maximum Gasteiger partial charge on any atom is 0.287 e. The molecule has 6 nitrogen and oxygen atoms in total. The summed E-state index contributed by atoms with van der Waals surface area (Å²) in [5, 5.41) is 5.41. The number of carbonyl (C=O) groups is 2. The number of nitrogens with zero attached hydrogens (tertiary/aromatic N) is 1. The van der Waals surface area contributed by atoms with E-state index in [1.54, 1.807) is 12.1 Å². The molecular formula is C19H20BrF2N3O3. The molecule has 1 fully saturated rings. The lowest BCUT2D eigenvalue weighted by Gasteiger charge is -2.32. The summed E-state index contributed by atoms with van der Waals surface area (Å²) in [6.07, 6.45) is 1.49. The van der Waals surface area contributed by atoms with Crippen molar-refractivity contribution in [1.82, 2.24) is 15.5 Å². The molecule has 1 aliphatic rings. The van der Waals surface area contributed by atoms with Gasteiger partial charge < -0.3 is 15.1 Å². The van der Waals surface area contributed by atoms with Crippen LogP contribution in [0.1, 0.15) is 29.0 Å². The van der Waals surface area contributed by atoms with Gasteiger partial charge in [-0.25, -0.2) is 8.78 Å². The molecule has 0 atom stereocenters. The van der Waals surface area contributed by atoms with E-state index in [0.29, 0.717) is 16.8 Å². The van der Waals surface area contributed by atoms with E-state index in [0.717, 1.165) is 32.0 Å². The monoisotopic (exact) mass is 455 g/mol. The topological polar surface area (TPSA) is 74.6 Å². The van der Waals surface area contributed by atoms with Crippen molar-refractivity contribution in [2.45, 2.75) is 25.4 Å². The molecule has 0 saturated carbocycles. The highest BCUT2D eigenvalue weighted by Crippen LogP contribution is 2.16. The lowest BCUT2D eigenvalue weighted by Crippen LogP contribution is -2.47. The largest absolute Gasteiger partial charge is 0.444 e. The minimum Gasteiger partial charge on any atom is -0.444 e. The second kappa shape index (κ2) is 9.29. The van der Waals surface area contributed by atoms with Gasteiger partial charge in [0.1, 0.15) is 0 Å². The zero-order valence-corrected chi connectivity index (χ0v) is 16.6. The van der Waals surface area contributed by atoms with Gasteiger partial charge in [-0.2, -0.15) is 0 Å². The van der Waals surface area contributed by atoms with Crippen LogP contribution in [0.2, 0.25) is 0 Å². The third-order valence-corrected chi connectivity index (χ3v) is 4.98. The number of hydrogen-bond acceptors (Lipinski definition) is 4. The highest BCUT2D eigenvalue weighted by molar-refractivity contribution is 9.10. The number of hydrogen-bond donors (Lipinski definition) is 2. The first kappa shape index (κ1) is 20.5. The molecule has 1 aromatic heterocycles. The van der Waals surface area contributed by atoms with E-state index in [9.17, 15) is 18.4 Å². The maximum atomic E-state index is 13.3. The summed E-state index contributed by atoms with van der Waals surface area (Å²) in [6.45, 7) is 1.87. The zero-order valence-electron chi connectivity index (χ0n) is 15.0. The zero-order chi connectivity index (χ0) is 20.1. The molecule has 0 aliphatic carbocycles. The third kappa shape index (κ3) is 5.62. The van der Waals surface area contributed by atoms with Crippen LogP contribution in [0.25, 0.3) is 0 Å². The number of nitrogens with one attached hydrogen (secondary N) is 2. The summed E-state index contributed by atoms with van der Waals surface area (Å²) < 4.78 is 31.9. The second-order valence-electron chi connectivity index (χ2n) is 6.65. The Balaban J connectivity index is 1.38. The normalized spacial score (nSPS) is 15.4. The van der Waals surface area contributed by atoms with Crippen LogP contribution in [-0.4, -0.2) is 42.4 Å². The van der Waals surface area contributed by atoms with Crippen LogP contribution in [0.15, 0.2) is 39.4 Å². The van der Waals surface area contributed by atoms with Gasteiger partial charge in [-0.3, -0.25) is 14.5 Å². The predicted molar refractivity (Wildman–Crippen MR) is 102 cm³/mol. The third-order valence-electron chi connectivity index (χ3n) is 4.55. The number of carbonyl (C=O) groups excluding carboxylic acids is 2. The Labute approximate surface area is 169 Å². The second-order valence-corrected chi connectivity index (χ2v) is 7.43. The molecular weight excluding hydrogens is 436 g/mol. The number of piperidine rings is 1. The van der Waals surface area contributed by atoms with Crippen LogP contribution < -0.4 is 10.6 Å². The van der Waals surface area contributed by atoms with Crippen molar-refractivity contribution >= 4 is 27.7 Å². The van der Waals surface area contributed by atoms with Crippen LogP contribution in [0.5, 0.6) is 0 Å². The number of likely N-dealkylation sites (tertiary alicyclic amines) is 1. The molecule has 2 heterocycles. The Hall–Kier alpha value is -2.26. The summed E-state index contributed by atoms with van der Waals surface area (Å²) in [4.78, 5) is 26.0.